The summed E-state index contributed by atoms with van der Waals surface area (Å²) >= 11 is 0. The molecule has 13 rings (SSSR count). The number of fused-ring (bicyclic) bond motifs is 13. The Kier molecular flexibility index (Phi) is 8.12. The van der Waals surface area contributed by atoms with Crippen LogP contribution < -0.4 is 10.1 Å². The molecule has 2 aliphatic heterocycles. The van der Waals surface area contributed by atoms with Crippen LogP contribution in [0.4, 0.5) is 0 Å². The maximum Gasteiger partial charge on any atom is 0.159 e. The highest BCUT2D eigenvalue weighted by molar-refractivity contribution is 6.20. The Morgan fingerprint density at radius 3 is 1.83 bits per heavy atom. The number of aromatic nitrogens is 1. The fraction of sp³-hybridized carbons (Fsp3) is 0.0339. The first-order chi connectivity index (χ1) is 31.7. The first-order valence-electron chi connectivity index (χ1n) is 21.8. The molecular formula is C59H38N4O. The first-order valence-corrected chi connectivity index (χ1v) is 21.8. The third kappa shape index (κ3) is 5.47. The van der Waals surface area contributed by atoms with Gasteiger partial charge in [0.05, 0.1) is 16.6 Å². The molecule has 5 heteroatoms. The summed E-state index contributed by atoms with van der Waals surface area (Å²) in [5.74, 6) is 3.20. The van der Waals surface area contributed by atoms with Crippen molar-refractivity contribution in [1.29, 1.82) is 0 Å². The van der Waals surface area contributed by atoms with Gasteiger partial charge in [0.1, 0.15) is 23.5 Å². The molecule has 0 amide bonds. The molecule has 64 heavy (non-hydrogen) atoms. The lowest BCUT2D eigenvalue weighted by molar-refractivity contribution is 0.436. The van der Waals surface area contributed by atoms with Gasteiger partial charge in [-0.25, -0.2) is 15.0 Å². The lowest BCUT2D eigenvalue weighted by atomic mass is 9.66. The van der Waals surface area contributed by atoms with Crippen LogP contribution in [0.5, 0.6) is 11.5 Å². The smallest absolute Gasteiger partial charge is 0.159 e. The van der Waals surface area contributed by atoms with E-state index in [0.29, 0.717) is 5.84 Å². The molecule has 3 aliphatic rings. The van der Waals surface area contributed by atoms with Crippen LogP contribution in [0.3, 0.4) is 0 Å². The summed E-state index contributed by atoms with van der Waals surface area (Å²) in [6, 6.07) is 77.2. The quantitative estimate of drug-likeness (QED) is 0.176. The van der Waals surface area contributed by atoms with E-state index in [4.69, 9.17) is 19.7 Å². The third-order valence-electron chi connectivity index (χ3n) is 13.2. The van der Waals surface area contributed by atoms with Gasteiger partial charge in [0.2, 0.25) is 0 Å². The van der Waals surface area contributed by atoms with Gasteiger partial charge in [-0.2, -0.15) is 0 Å². The molecule has 1 spiro atoms. The van der Waals surface area contributed by atoms with Gasteiger partial charge in [-0.1, -0.05) is 194 Å². The lowest BCUT2D eigenvalue weighted by Crippen LogP contribution is -2.33. The second-order valence-electron chi connectivity index (χ2n) is 16.7. The first kappa shape index (κ1) is 36.3. The van der Waals surface area contributed by atoms with Crippen LogP contribution in [-0.2, 0) is 5.41 Å². The van der Waals surface area contributed by atoms with E-state index in [0.717, 1.165) is 78.3 Å². The Labute approximate surface area is 370 Å². The zero-order chi connectivity index (χ0) is 42.2. The zero-order valence-corrected chi connectivity index (χ0v) is 34.6. The number of nitrogens with zero attached hydrogens (tertiary/aromatic N) is 3. The van der Waals surface area contributed by atoms with Crippen molar-refractivity contribution in [3.63, 3.8) is 0 Å². The fourth-order valence-corrected chi connectivity index (χ4v) is 10.4. The molecule has 3 heterocycles. The zero-order valence-electron chi connectivity index (χ0n) is 34.6. The van der Waals surface area contributed by atoms with Gasteiger partial charge >= 0.3 is 0 Å². The molecule has 0 radical (unpaired) electrons. The molecule has 0 saturated heterocycles. The van der Waals surface area contributed by atoms with Crippen molar-refractivity contribution in [1.82, 2.24) is 10.3 Å². The number of nitrogens with one attached hydrogen (secondary N) is 1. The summed E-state index contributed by atoms with van der Waals surface area (Å²) in [6.45, 7) is 0. The van der Waals surface area contributed by atoms with Gasteiger partial charge in [0.15, 0.2) is 5.84 Å². The van der Waals surface area contributed by atoms with Gasteiger partial charge < -0.3 is 10.1 Å². The number of hydrogen-bond acceptors (Lipinski definition) is 5. The molecule has 0 saturated carbocycles. The van der Waals surface area contributed by atoms with E-state index in [2.05, 4.69) is 199 Å². The Hall–Kier alpha value is -8.41. The van der Waals surface area contributed by atoms with Crippen molar-refractivity contribution >= 4 is 33.3 Å². The number of hydrogen-bond donors (Lipinski definition) is 1. The van der Waals surface area contributed by atoms with E-state index in [9.17, 15) is 0 Å². The molecule has 1 aliphatic carbocycles. The van der Waals surface area contributed by atoms with E-state index in [1.54, 1.807) is 0 Å². The van der Waals surface area contributed by atoms with E-state index in [-0.39, 0.29) is 6.17 Å². The number of amidine groups is 2. The van der Waals surface area contributed by atoms with E-state index < -0.39 is 5.41 Å². The lowest BCUT2D eigenvalue weighted by Gasteiger charge is -2.39. The van der Waals surface area contributed by atoms with Crippen molar-refractivity contribution in [3.8, 4) is 45.0 Å². The Balaban J connectivity index is 1.00. The highest BCUT2D eigenvalue weighted by atomic mass is 16.5. The summed E-state index contributed by atoms with van der Waals surface area (Å²) in [5.41, 5.74) is 14.9. The molecule has 5 nitrogen and oxygen atoms in total. The average molecular weight is 819 g/mol. The van der Waals surface area contributed by atoms with Crippen LogP contribution in [0.1, 0.15) is 45.1 Å². The van der Waals surface area contributed by atoms with Crippen LogP contribution in [-0.4, -0.2) is 16.7 Å². The Bertz CT molecular complexity index is 3510. The molecule has 9 aromatic carbocycles. The summed E-state index contributed by atoms with van der Waals surface area (Å²) in [7, 11) is 0. The van der Waals surface area contributed by atoms with Crippen LogP contribution in [0.25, 0.3) is 55.2 Å². The van der Waals surface area contributed by atoms with Gasteiger partial charge in [0.25, 0.3) is 0 Å². The summed E-state index contributed by atoms with van der Waals surface area (Å²) in [4.78, 5) is 16.0. The fourth-order valence-electron chi connectivity index (χ4n) is 10.4. The van der Waals surface area contributed by atoms with Crippen molar-refractivity contribution in [2.24, 2.45) is 9.98 Å². The van der Waals surface area contributed by atoms with Crippen molar-refractivity contribution in [2.45, 2.75) is 11.6 Å². The number of aliphatic imine (C=N–C) groups is 2. The molecule has 1 unspecified atom stereocenters. The normalized spacial score (nSPS) is 15.3. The predicted molar refractivity (Wildman–Crippen MR) is 259 cm³/mol. The standard InChI is InChI=1S/C59H38N4O/c1-3-16-37(17-4-1)38-30-32-40(33-31-38)57-61-56(39-18-5-2-6-19-39)62-58(63-57)42-21-15-20-41(36-42)55-45-34-35-49-54(53(45)44-23-8-12-27-50(44)60-55)43-22-7-9-24-46(43)59(49)47-25-10-13-28-51(47)64-52-29-14-11-26-48(52)59/h1-36,57H,(H,61,62,63). The van der Waals surface area contributed by atoms with Gasteiger partial charge in [-0.3, -0.25) is 0 Å². The highest BCUT2D eigenvalue weighted by Gasteiger charge is 2.51. The largest absolute Gasteiger partial charge is 0.457 e. The average Bonchev–Trinajstić information content (AvgIpc) is 3.67. The van der Waals surface area contributed by atoms with Crippen LogP contribution in [0.2, 0.25) is 0 Å². The predicted octanol–water partition coefficient (Wildman–Crippen LogP) is 13.7. The van der Waals surface area contributed by atoms with Crippen LogP contribution in [0, 0.1) is 0 Å². The molecule has 10 aromatic rings. The third-order valence-corrected chi connectivity index (χ3v) is 13.2. The minimum atomic E-state index is -0.573. The van der Waals surface area contributed by atoms with Crippen molar-refractivity contribution in [3.05, 3.63) is 257 Å². The molecule has 1 N–H and O–H groups in total. The maximum atomic E-state index is 6.64. The monoisotopic (exact) mass is 818 g/mol. The van der Waals surface area contributed by atoms with E-state index >= 15 is 0 Å². The van der Waals surface area contributed by atoms with Crippen LogP contribution >= 0.6 is 0 Å². The number of para-hydroxylation sites is 3. The molecule has 0 bridgehead atoms. The Morgan fingerprint density at radius 1 is 0.453 bits per heavy atom. The molecule has 1 aromatic heterocycles. The minimum absolute atomic E-state index is 0.341. The second-order valence-corrected chi connectivity index (χ2v) is 16.7. The van der Waals surface area contributed by atoms with Crippen molar-refractivity contribution < 1.29 is 4.74 Å². The maximum absolute atomic E-state index is 6.64. The summed E-state index contributed by atoms with van der Waals surface area (Å²) < 4.78 is 6.64. The van der Waals surface area contributed by atoms with Crippen molar-refractivity contribution in [2.75, 3.05) is 0 Å². The number of pyridine rings is 1. The minimum Gasteiger partial charge on any atom is -0.457 e. The molecule has 300 valence electrons. The molecular weight excluding hydrogens is 781 g/mol. The topological polar surface area (TPSA) is 58.9 Å². The van der Waals surface area contributed by atoms with Gasteiger partial charge in [0, 0.05) is 44.0 Å². The van der Waals surface area contributed by atoms with E-state index in [1.165, 1.54) is 33.2 Å². The molecule has 1 atom stereocenters. The molecule has 0 fully saturated rings. The number of rotatable bonds is 5. The van der Waals surface area contributed by atoms with Crippen LogP contribution in [0.15, 0.2) is 228 Å². The Morgan fingerprint density at radius 2 is 1.06 bits per heavy atom. The van der Waals surface area contributed by atoms with Gasteiger partial charge in [-0.05, 0) is 63.2 Å². The highest BCUT2D eigenvalue weighted by Crippen LogP contribution is 2.63. The summed E-state index contributed by atoms with van der Waals surface area (Å²) in [5, 5.41) is 7.05. The van der Waals surface area contributed by atoms with E-state index in [1.807, 2.05) is 24.3 Å². The van der Waals surface area contributed by atoms with Gasteiger partial charge in [-0.15, -0.1) is 0 Å². The number of ether oxygens (including phenoxy) is 1. The second kappa shape index (κ2) is 14.3. The number of benzene rings is 9. The SMILES string of the molecule is c1ccc(C2=NC(c3cccc(-c4nc5ccccc5c5c6c(ccc45)C4(c5ccccc5Oc5ccccc54)c4ccccc4-6)c3)=NC(c3ccc(-c4ccccc4)cc3)N2)cc1. The summed E-state index contributed by atoms with van der Waals surface area (Å²) in [6.07, 6.45) is -0.341.